The van der Waals surface area contributed by atoms with E-state index in [1.165, 1.54) is 12.1 Å². The van der Waals surface area contributed by atoms with Crippen LogP contribution in [0.5, 0.6) is 0 Å². The zero-order valence-corrected chi connectivity index (χ0v) is 13.0. The van der Waals surface area contributed by atoms with Crippen LogP contribution in [0.15, 0.2) is 29.8 Å². The summed E-state index contributed by atoms with van der Waals surface area (Å²) >= 11 is 0. The predicted molar refractivity (Wildman–Crippen MR) is 85.9 cm³/mol. The average Bonchev–Trinajstić information content (AvgIpc) is 2.48. The Hall–Kier alpha value is -1.39. The molecule has 1 aromatic rings. The van der Waals surface area contributed by atoms with Crippen LogP contribution in [0.25, 0.3) is 6.08 Å². The quantitative estimate of drug-likeness (QED) is 0.839. The second kappa shape index (κ2) is 8.80. The number of halogens is 2. The van der Waals surface area contributed by atoms with Gasteiger partial charge in [0, 0.05) is 12.1 Å². The molecular formula is C16H22ClFN2O. The number of carbonyl (C=O) groups excluding carboxylic acids is 1. The maximum atomic E-state index is 12.8. The van der Waals surface area contributed by atoms with E-state index >= 15 is 0 Å². The molecule has 1 saturated heterocycles. The highest BCUT2D eigenvalue weighted by atomic mass is 35.5. The van der Waals surface area contributed by atoms with Gasteiger partial charge >= 0.3 is 0 Å². The first-order chi connectivity index (χ1) is 9.65. The molecule has 1 heterocycles. The third-order valence-corrected chi connectivity index (χ3v) is 3.62. The van der Waals surface area contributed by atoms with Crippen LogP contribution in [0.4, 0.5) is 4.39 Å². The molecule has 1 aliphatic rings. The van der Waals surface area contributed by atoms with Crippen LogP contribution in [-0.2, 0) is 4.79 Å². The summed E-state index contributed by atoms with van der Waals surface area (Å²) in [7, 11) is 0. The van der Waals surface area contributed by atoms with Crippen LogP contribution in [0, 0.1) is 11.7 Å². The largest absolute Gasteiger partial charge is 0.352 e. The summed E-state index contributed by atoms with van der Waals surface area (Å²) in [4.78, 5) is 12.0. The molecule has 1 fully saturated rings. The van der Waals surface area contributed by atoms with Gasteiger partial charge in [0.25, 0.3) is 0 Å². The summed E-state index contributed by atoms with van der Waals surface area (Å²) in [5, 5.41) is 6.28. The van der Waals surface area contributed by atoms with Gasteiger partial charge in [-0.15, -0.1) is 12.4 Å². The van der Waals surface area contributed by atoms with Gasteiger partial charge in [-0.25, -0.2) is 4.39 Å². The molecule has 3 nitrogen and oxygen atoms in total. The number of hydrogen-bond donors (Lipinski definition) is 2. The Labute approximate surface area is 131 Å². The third-order valence-electron chi connectivity index (χ3n) is 3.62. The van der Waals surface area contributed by atoms with Gasteiger partial charge in [0.15, 0.2) is 0 Å². The van der Waals surface area contributed by atoms with Crippen molar-refractivity contribution >= 4 is 24.4 Å². The minimum atomic E-state index is -0.268. The Bertz CT molecular complexity index is 482. The molecule has 0 atom stereocenters. The molecular weight excluding hydrogens is 291 g/mol. The lowest BCUT2D eigenvalue weighted by Crippen LogP contribution is -2.36. The van der Waals surface area contributed by atoms with Gasteiger partial charge in [-0.1, -0.05) is 12.1 Å². The molecule has 0 unspecified atom stereocenters. The number of benzene rings is 1. The fourth-order valence-electron chi connectivity index (χ4n) is 2.34. The van der Waals surface area contributed by atoms with E-state index in [1.54, 1.807) is 25.1 Å². The van der Waals surface area contributed by atoms with Crippen LogP contribution >= 0.6 is 12.4 Å². The van der Waals surface area contributed by atoms with E-state index in [9.17, 15) is 9.18 Å². The molecule has 2 rings (SSSR count). The first kappa shape index (κ1) is 17.7. The van der Waals surface area contributed by atoms with Crippen molar-refractivity contribution in [2.75, 3.05) is 19.6 Å². The SMILES string of the molecule is CC(=Cc1ccc(F)cc1)C(=O)NCC1CCNCC1.Cl. The number of carbonyl (C=O) groups is 1. The third kappa shape index (κ3) is 5.86. The fraction of sp³-hybridized carbons (Fsp3) is 0.438. The number of rotatable bonds is 4. The Kier molecular flexibility index (Phi) is 7.40. The molecule has 1 aliphatic heterocycles. The van der Waals surface area contributed by atoms with E-state index in [2.05, 4.69) is 10.6 Å². The molecule has 2 N–H and O–H groups in total. The highest BCUT2D eigenvalue weighted by molar-refractivity contribution is 5.97. The van der Waals surface area contributed by atoms with Gasteiger partial charge in [0.2, 0.25) is 5.91 Å². The molecule has 116 valence electrons. The lowest BCUT2D eigenvalue weighted by molar-refractivity contribution is -0.117. The highest BCUT2D eigenvalue weighted by Crippen LogP contribution is 2.11. The molecule has 5 heteroatoms. The molecule has 0 aliphatic carbocycles. The van der Waals surface area contributed by atoms with E-state index in [-0.39, 0.29) is 24.1 Å². The maximum absolute atomic E-state index is 12.8. The van der Waals surface area contributed by atoms with Gasteiger partial charge in [-0.05, 0) is 62.5 Å². The Morgan fingerprint density at radius 2 is 1.95 bits per heavy atom. The summed E-state index contributed by atoms with van der Waals surface area (Å²) < 4.78 is 12.8. The Balaban J connectivity index is 0.00000220. The average molecular weight is 313 g/mol. The van der Waals surface area contributed by atoms with Crippen molar-refractivity contribution in [1.82, 2.24) is 10.6 Å². The first-order valence-corrected chi connectivity index (χ1v) is 7.08. The second-order valence-electron chi connectivity index (χ2n) is 5.28. The number of piperidine rings is 1. The smallest absolute Gasteiger partial charge is 0.246 e. The van der Waals surface area contributed by atoms with Crippen LogP contribution in [-0.4, -0.2) is 25.5 Å². The predicted octanol–water partition coefficient (Wildman–Crippen LogP) is 2.77. The lowest BCUT2D eigenvalue weighted by atomic mass is 9.98. The monoisotopic (exact) mass is 312 g/mol. The van der Waals surface area contributed by atoms with E-state index in [1.807, 2.05) is 0 Å². The van der Waals surface area contributed by atoms with Gasteiger partial charge in [0.1, 0.15) is 5.82 Å². The number of amides is 1. The van der Waals surface area contributed by atoms with Gasteiger partial charge in [0.05, 0.1) is 0 Å². The first-order valence-electron chi connectivity index (χ1n) is 7.08. The Morgan fingerprint density at radius 3 is 2.57 bits per heavy atom. The van der Waals surface area contributed by atoms with Gasteiger partial charge < -0.3 is 10.6 Å². The molecule has 0 aromatic heterocycles. The Morgan fingerprint density at radius 1 is 1.33 bits per heavy atom. The zero-order chi connectivity index (χ0) is 14.4. The molecule has 0 bridgehead atoms. The van der Waals surface area contributed by atoms with Crippen molar-refractivity contribution in [3.8, 4) is 0 Å². The molecule has 1 amide bonds. The van der Waals surface area contributed by atoms with Crippen LogP contribution in [0.1, 0.15) is 25.3 Å². The summed E-state index contributed by atoms with van der Waals surface area (Å²) in [6, 6.07) is 6.12. The fourth-order valence-corrected chi connectivity index (χ4v) is 2.34. The van der Waals surface area contributed by atoms with Crippen molar-refractivity contribution in [1.29, 1.82) is 0 Å². The molecule has 21 heavy (non-hydrogen) atoms. The summed E-state index contributed by atoms with van der Waals surface area (Å²) in [6.07, 6.45) is 4.00. The minimum absolute atomic E-state index is 0. The van der Waals surface area contributed by atoms with Crippen molar-refractivity contribution in [2.45, 2.75) is 19.8 Å². The number of hydrogen-bond acceptors (Lipinski definition) is 2. The van der Waals surface area contributed by atoms with Crippen molar-refractivity contribution < 1.29 is 9.18 Å². The molecule has 0 saturated carbocycles. The normalized spacial score (nSPS) is 16.2. The topological polar surface area (TPSA) is 41.1 Å². The van der Waals surface area contributed by atoms with E-state index in [0.717, 1.165) is 38.0 Å². The lowest BCUT2D eigenvalue weighted by Gasteiger charge is -2.22. The van der Waals surface area contributed by atoms with Crippen molar-refractivity contribution in [3.05, 3.63) is 41.2 Å². The minimum Gasteiger partial charge on any atom is -0.352 e. The summed E-state index contributed by atoms with van der Waals surface area (Å²) in [6.45, 7) is 4.58. The van der Waals surface area contributed by atoms with Crippen LogP contribution in [0.3, 0.4) is 0 Å². The molecule has 0 spiro atoms. The van der Waals surface area contributed by atoms with E-state index in [0.29, 0.717) is 11.5 Å². The van der Waals surface area contributed by atoms with Gasteiger partial charge in [-0.3, -0.25) is 4.79 Å². The standard InChI is InChI=1S/C16H21FN2O.ClH/c1-12(10-13-2-4-15(17)5-3-13)16(20)19-11-14-6-8-18-9-7-14;/h2-5,10,14,18H,6-9,11H2,1H3,(H,19,20);1H. The summed E-state index contributed by atoms with van der Waals surface area (Å²) in [5.41, 5.74) is 1.48. The zero-order valence-electron chi connectivity index (χ0n) is 12.2. The summed E-state index contributed by atoms with van der Waals surface area (Å²) in [5.74, 6) is 0.252. The second-order valence-corrected chi connectivity index (χ2v) is 5.28. The van der Waals surface area contributed by atoms with E-state index in [4.69, 9.17) is 0 Å². The maximum Gasteiger partial charge on any atom is 0.246 e. The molecule has 1 aromatic carbocycles. The van der Waals surface area contributed by atoms with Crippen molar-refractivity contribution in [3.63, 3.8) is 0 Å². The molecule has 0 radical (unpaired) electrons. The highest BCUT2D eigenvalue weighted by Gasteiger charge is 2.14. The van der Waals surface area contributed by atoms with E-state index < -0.39 is 0 Å². The van der Waals surface area contributed by atoms with Crippen LogP contribution in [0.2, 0.25) is 0 Å². The number of nitrogens with one attached hydrogen (secondary N) is 2. The van der Waals surface area contributed by atoms with Gasteiger partial charge in [-0.2, -0.15) is 0 Å². The van der Waals surface area contributed by atoms with Crippen molar-refractivity contribution in [2.24, 2.45) is 5.92 Å². The van der Waals surface area contributed by atoms with Crippen LogP contribution < -0.4 is 10.6 Å².